The van der Waals surface area contributed by atoms with E-state index >= 15 is 0 Å². The molecule has 1 aliphatic carbocycles. The molecule has 0 radical (unpaired) electrons. The van der Waals surface area contributed by atoms with Crippen molar-refractivity contribution in [2.75, 3.05) is 13.1 Å². The van der Waals surface area contributed by atoms with Gasteiger partial charge in [0.05, 0.1) is 6.54 Å². The van der Waals surface area contributed by atoms with Gasteiger partial charge in [-0.1, -0.05) is 6.92 Å². The van der Waals surface area contributed by atoms with Gasteiger partial charge in [0.1, 0.15) is 0 Å². The van der Waals surface area contributed by atoms with Crippen LogP contribution >= 0.6 is 0 Å². The zero-order valence-corrected chi connectivity index (χ0v) is 8.60. The highest BCUT2D eigenvalue weighted by Crippen LogP contribution is 2.32. The van der Waals surface area contributed by atoms with E-state index in [1.54, 1.807) is 0 Å². The van der Waals surface area contributed by atoms with Crippen molar-refractivity contribution in [2.24, 2.45) is 5.92 Å². The second-order valence-corrected chi connectivity index (χ2v) is 3.87. The van der Waals surface area contributed by atoms with Gasteiger partial charge in [0, 0.05) is 6.04 Å². The molecule has 1 saturated carbocycles. The smallest absolute Gasteiger partial charge is 0.234 e. The number of carbonyl (C=O) groups excluding carboxylic acids is 1. The van der Waals surface area contributed by atoms with E-state index in [-0.39, 0.29) is 5.91 Å². The van der Waals surface area contributed by atoms with E-state index in [0.717, 1.165) is 18.9 Å². The first-order valence-electron chi connectivity index (χ1n) is 5.24. The predicted molar refractivity (Wildman–Crippen MR) is 53.5 cm³/mol. The lowest BCUT2D eigenvalue weighted by Crippen LogP contribution is -2.40. The lowest BCUT2D eigenvalue weighted by atomic mass is 10.2. The Morgan fingerprint density at radius 3 is 2.77 bits per heavy atom. The summed E-state index contributed by atoms with van der Waals surface area (Å²) < 4.78 is 0. The molecule has 0 saturated heterocycles. The van der Waals surface area contributed by atoms with E-state index in [1.165, 1.54) is 12.8 Å². The third-order valence-electron chi connectivity index (χ3n) is 2.43. The maximum atomic E-state index is 11.3. The fourth-order valence-corrected chi connectivity index (χ4v) is 1.40. The number of amides is 1. The molecule has 1 aliphatic rings. The molecule has 0 aromatic rings. The molecule has 1 rings (SSSR count). The van der Waals surface area contributed by atoms with Crippen molar-refractivity contribution in [3.05, 3.63) is 0 Å². The van der Waals surface area contributed by atoms with Crippen LogP contribution < -0.4 is 10.6 Å². The highest BCUT2D eigenvalue weighted by molar-refractivity contribution is 5.78. The lowest BCUT2D eigenvalue weighted by Gasteiger charge is -2.12. The summed E-state index contributed by atoms with van der Waals surface area (Å²) in [6, 6.07) is 0.371. The molecule has 0 heterocycles. The average molecular weight is 184 g/mol. The molecule has 1 fully saturated rings. The van der Waals surface area contributed by atoms with E-state index < -0.39 is 0 Å². The Morgan fingerprint density at radius 2 is 2.23 bits per heavy atom. The molecule has 2 N–H and O–H groups in total. The molecule has 0 aromatic carbocycles. The summed E-state index contributed by atoms with van der Waals surface area (Å²) >= 11 is 0. The van der Waals surface area contributed by atoms with Gasteiger partial charge in [0.25, 0.3) is 0 Å². The van der Waals surface area contributed by atoms with Crippen molar-refractivity contribution in [3.8, 4) is 0 Å². The van der Waals surface area contributed by atoms with Gasteiger partial charge < -0.3 is 10.6 Å². The van der Waals surface area contributed by atoms with Crippen LogP contribution in [0.15, 0.2) is 0 Å². The normalized spacial score (nSPS) is 18.3. The molecular formula is C10H20N2O. The second kappa shape index (κ2) is 5.22. The minimum absolute atomic E-state index is 0.132. The second-order valence-electron chi connectivity index (χ2n) is 3.87. The molecule has 3 heteroatoms. The Morgan fingerprint density at radius 1 is 1.54 bits per heavy atom. The van der Waals surface area contributed by atoms with Crippen molar-refractivity contribution >= 4 is 5.91 Å². The van der Waals surface area contributed by atoms with Gasteiger partial charge in [-0.05, 0) is 38.6 Å². The third-order valence-corrected chi connectivity index (χ3v) is 2.43. The van der Waals surface area contributed by atoms with Crippen molar-refractivity contribution in [2.45, 2.75) is 39.2 Å². The largest absolute Gasteiger partial charge is 0.352 e. The van der Waals surface area contributed by atoms with Crippen molar-refractivity contribution in [1.29, 1.82) is 0 Å². The predicted octanol–water partition coefficient (Wildman–Crippen LogP) is 0.901. The van der Waals surface area contributed by atoms with Crippen LogP contribution in [0.1, 0.15) is 33.1 Å². The molecule has 76 valence electrons. The molecule has 1 amide bonds. The Labute approximate surface area is 80.3 Å². The Balaban J connectivity index is 2.02. The summed E-state index contributed by atoms with van der Waals surface area (Å²) in [7, 11) is 0. The van der Waals surface area contributed by atoms with E-state index in [4.69, 9.17) is 0 Å². The average Bonchev–Trinajstić information content (AvgIpc) is 2.86. The van der Waals surface area contributed by atoms with Crippen LogP contribution in [0.3, 0.4) is 0 Å². The van der Waals surface area contributed by atoms with Gasteiger partial charge in [0.2, 0.25) is 5.91 Å². The molecule has 0 aromatic heterocycles. The molecule has 0 spiro atoms. The zero-order valence-electron chi connectivity index (χ0n) is 8.60. The van der Waals surface area contributed by atoms with Crippen LogP contribution in [-0.4, -0.2) is 25.0 Å². The van der Waals surface area contributed by atoms with Crippen LogP contribution in [0.2, 0.25) is 0 Å². The highest BCUT2D eigenvalue weighted by atomic mass is 16.1. The van der Waals surface area contributed by atoms with Crippen LogP contribution in [0.5, 0.6) is 0 Å². The minimum atomic E-state index is 0.132. The van der Waals surface area contributed by atoms with E-state index in [9.17, 15) is 4.79 Å². The monoisotopic (exact) mass is 184 g/mol. The van der Waals surface area contributed by atoms with Crippen LogP contribution in [-0.2, 0) is 4.79 Å². The Bertz CT molecular complexity index is 166. The van der Waals surface area contributed by atoms with E-state index in [2.05, 4.69) is 24.5 Å². The van der Waals surface area contributed by atoms with Crippen molar-refractivity contribution in [3.63, 3.8) is 0 Å². The minimum Gasteiger partial charge on any atom is -0.352 e. The first-order valence-corrected chi connectivity index (χ1v) is 5.24. The Kier molecular flexibility index (Phi) is 4.22. The van der Waals surface area contributed by atoms with Crippen LogP contribution in [0.4, 0.5) is 0 Å². The van der Waals surface area contributed by atoms with Crippen molar-refractivity contribution < 1.29 is 4.79 Å². The van der Waals surface area contributed by atoms with Gasteiger partial charge >= 0.3 is 0 Å². The maximum absolute atomic E-state index is 11.3. The third kappa shape index (κ3) is 4.27. The van der Waals surface area contributed by atoms with Gasteiger partial charge in [-0.3, -0.25) is 4.79 Å². The summed E-state index contributed by atoms with van der Waals surface area (Å²) in [6.07, 6.45) is 3.64. The van der Waals surface area contributed by atoms with Gasteiger partial charge in [-0.2, -0.15) is 0 Å². The number of carbonyl (C=O) groups is 1. The van der Waals surface area contributed by atoms with Crippen molar-refractivity contribution in [1.82, 2.24) is 10.6 Å². The van der Waals surface area contributed by atoms with Gasteiger partial charge in [-0.15, -0.1) is 0 Å². The topological polar surface area (TPSA) is 41.1 Å². The summed E-state index contributed by atoms with van der Waals surface area (Å²) in [5.41, 5.74) is 0. The summed E-state index contributed by atoms with van der Waals surface area (Å²) in [4.78, 5) is 11.3. The highest BCUT2D eigenvalue weighted by Gasteiger charge is 2.28. The molecule has 1 unspecified atom stereocenters. The Hall–Kier alpha value is -0.570. The molecule has 13 heavy (non-hydrogen) atoms. The molecule has 3 nitrogen and oxygen atoms in total. The molecular weight excluding hydrogens is 164 g/mol. The number of rotatable bonds is 6. The zero-order chi connectivity index (χ0) is 9.68. The number of nitrogens with one attached hydrogen (secondary N) is 2. The van der Waals surface area contributed by atoms with Crippen LogP contribution in [0.25, 0.3) is 0 Å². The SMILES string of the molecule is CCCNCC(=O)NC(C)C1CC1. The maximum Gasteiger partial charge on any atom is 0.234 e. The first kappa shape index (κ1) is 10.5. The van der Waals surface area contributed by atoms with Gasteiger partial charge in [-0.25, -0.2) is 0 Å². The first-order chi connectivity index (χ1) is 6.24. The number of hydrogen-bond acceptors (Lipinski definition) is 2. The molecule has 1 atom stereocenters. The van der Waals surface area contributed by atoms with Crippen LogP contribution in [0, 0.1) is 5.92 Å². The fraction of sp³-hybridized carbons (Fsp3) is 0.900. The van der Waals surface area contributed by atoms with E-state index in [1.807, 2.05) is 0 Å². The van der Waals surface area contributed by atoms with E-state index in [0.29, 0.717) is 12.6 Å². The standard InChI is InChI=1S/C10H20N2O/c1-3-6-11-7-10(13)12-8(2)9-4-5-9/h8-9,11H,3-7H2,1-2H3,(H,12,13). The summed E-state index contributed by atoms with van der Waals surface area (Å²) in [5.74, 6) is 0.878. The van der Waals surface area contributed by atoms with Gasteiger partial charge in [0.15, 0.2) is 0 Å². The lowest BCUT2D eigenvalue weighted by molar-refractivity contribution is -0.120. The quantitative estimate of drug-likeness (QED) is 0.602. The summed E-state index contributed by atoms with van der Waals surface area (Å²) in [6.45, 7) is 5.57. The summed E-state index contributed by atoms with van der Waals surface area (Å²) in [5, 5.41) is 6.09. The molecule has 0 bridgehead atoms. The fourth-order valence-electron chi connectivity index (χ4n) is 1.40. The molecule has 0 aliphatic heterocycles. The number of hydrogen-bond donors (Lipinski definition) is 2.